The standard InChI is InChI=1S/C14H20O3/c1-8(2)13(15)17-14-6-9-4-10(7-14)12(16-3)11(14)5-9/h9-12H,1,4-7H2,2-3H3. The fraction of sp³-hybridized carbons (Fsp3) is 0.786. The molecule has 4 saturated carbocycles. The van der Waals surface area contributed by atoms with Crippen LogP contribution in [0.2, 0.25) is 0 Å². The number of methoxy groups -OCH3 is 1. The van der Waals surface area contributed by atoms with Crippen molar-refractivity contribution in [3.63, 3.8) is 0 Å². The van der Waals surface area contributed by atoms with E-state index in [0.717, 1.165) is 18.8 Å². The molecule has 0 amide bonds. The molecule has 0 heterocycles. The van der Waals surface area contributed by atoms with Crippen LogP contribution >= 0.6 is 0 Å². The van der Waals surface area contributed by atoms with Crippen molar-refractivity contribution in [1.82, 2.24) is 0 Å². The summed E-state index contributed by atoms with van der Waals surface area (Å²) in [5, 5.41) is 0. The molecule has 17 heavy (non-hydrogen) atoms. The Morgan fingerprint density at radius 1 is 1.35 bits per heavy atom. The second-order valence-corrected chi connectivity index (χ2v) is 6.05. The number of carbonyl (C=O) groups is 1. The average Bonchev–Trinajstić information content (AvgIpc) is 2.62. The quantitative estimate of drug-likeness (QED) is 0.557. The Kier molecular flexibility index (Phi) is 2.37. The van der Waals surface area contributed by atoms with Gasteiger partial charge in [0.1, 0.15) is 5.60 Å². The Hall–Kier alpha value is -0.830. The fourth-order valence-corrected chi connectivity index (χ4v) is 4.47. The van der Waals surface area contributed by atoms with E-state index in [4.69, 9.17) is 9.47 Å². The Bertz CT molecular complexity index is 376. The van der Waals surface area contributed by atoms with Crippen LogP contribution in [0.15, 0.2) is 12.2 Å². The zero-order valence-electron chi connectivity index (χ0n) is 10.6. The van der Waals surface area contributed by atoms with Crippen LogP contribution in [0.3, 0.4) is 0 Å². The van der Waals surface area contributed by atoms with Gasteiger partial charge in [-0.3, -0.25) is 0 Å². The number of ether oxygens (including phenoxy) is 2. The third-order valence-corrected chi connectivity index (χ3v) is 4.92. The van der Waals surface area contributed by atoms with Gasteiger partial charge in [-0.05, 0) is 44.4 Å². The van der Waals surface area contributed by atoms with Crippen molar-refractivity contribution in [2.45, 2.75) is 44.3 Å². The zero-order valence-corrected chi connectivity index (χ0v) is 10.6. The van der Waals surface area contributed by atoms with Crippen LogP contribution in [-0.4, -0.2) is 24.8 Å². The van der Waals surface area contributed by atoms with E-state index in [1.165, 1.54) is 12.8 Å². The maximum Gasteiger partial charge on any atom is 0.333 e. The van der Waals surface area contributed by atoms with E-state index in [1.807, 2.05) is 0 Å². The van der Waals surface area contributed by atoms with E-state index in [9.17, 15) is 4.79 Å². The van der Waals surface area contributed by atoms with Crippen molar-refractivity contribution < 1.29 is 14.3 Å². The second kappa shape index (κ2) is 3.58. The first-order chi connectivity index (χ1) is 8.05. The molecule has 0 aliphatic heterocycles. The lowest BCUT2D eigenvalue weighted by Crippen LogP contribution is -2.38. The van der Waals surface area contributed by atoms with Crippen LogP contribution in [0, 0.1) is 17.8 Å². The highest BCUT2D eigenvalue weighted by atomic mass is 16.6. The zero-order chi connectivity index (χ0) is 12.2. The summed E-state index contributed by atoms with van der Waals surface area (Å²) < 4.78 is 11.4. The molecule has 0 spiro atoms. The Morgan fingerprint density at radius 2 is 2.12 bits per heavy atom. The molecule has 3 heteroatoms. The lowest BCUT2D eigenvalue weighted by Gasteiger charge is -2.32. The summed E-state index contributed by atoms with van der Waals surface area (Å²) in [7, 11) is 1.78. The average molecular weight is 236 g/mol. The molecule has 0 saturated heterocycles. The first kappa shape index (κ1) is 11.3. The van der Waals surface area contributed by atoms with Crippen LogP contribution in [-0.2, 0) is 14.3 Å². The molecular weight excluding hydrogens is 216 g/mol. The summed E-state index contributed by atoms with van der Waals surface area (Å²) in [4.78, 5) is 11.8. The minimum Gasteiger partial charge on any atom is -0.455 e. The SMILES string of the molecule is C=C(C)C(=O)OC12CC3CC(C1)C(OC)C2C3. The first-order valence-electron chi connectivity index (χ1n) is 6.47. The van der Waals surface area contributed by atoms with Gasteiger partial charge in [0.05, 0.1) is 6.10 Å². The van der Waals surface area contributed by atoms with Gasteiger partial charge in [-0.2, -0.15) is 0 Å². The number of carbonyl (C=O) groups excluding carboxylic acids is 1. The van der Waals surface area contributed by atoms with Crippen LogP contribution in [0.25, 0.3) is 0 Å². The smallest absolute Gasteiger partial charge is 0.333 e. The summed E-state index contributed by atoms with van der Waals surface area (Å²) in [5.74, 6) is 1.52. The summed E-state index contributed by atoms with van der Waals surface area (Å²) in [6.45, 7) is 5.39. The van der Waals surface area contributed by atoms with Gasteiger partial charge in [0, 0.05) is 18.6 Å². The molecule has 0 aromatic carbocycles. The van der Waals surface area contributed by atoms with Crippen molar-refractivity contribution >= 4 is 5.97 Å². The van der Waals surface area contributed by atoms with E-state index in [0.29, 0.717) is 23.5 Å². The van der Waals surface area contributed by atoms with E-state index in [-0.39, 0.29) is 11.6 Å². The van der Waals surface area contributed by atoms with Gasteiger partial charge in [-0.15, -0.1) is 0 Å². The molecule has 4 bridgehead atoms. The minimum absolute atomic E-state index is 0.229. The summed E-state index contributed by atoms with van der Waals surface area (Å²) in [5.41, 5.74) is 0.268. The summed E-state index contributed by atoms with van der Waals surface area (Å²) in [6, 6.07) is 0. The molecule has 0 aromatic heterocycles. The molecule has 4 aliphatic rings. The molecule has 0 radical (unpaired) electrons. The number of esters is 1. The predicted molar refractivity (Wildman–Crippen MR) is 63.4 cm³/mol. The molecule has 94 valence electrons. The number of rotatable bonds is 3. The third-order valence-electron chi connectivity index (χ3n) is 4.92. The molecular formula is C14H20O3. The maximum absolute atomic E-state index is 11.8. The van der Waals surface area contributed by atoms with Crippen molar-refractivity contribution in [2.24, 2.45) is 17.8 Å². The summed E-state index contributed by atoms with van der Waals surface area (Å²) >= 11 is 0. The molecule has 5 atom stereocenters. The number of hydrogen-bond acceptors (Lipinski definition) is 3. The van der Waals surface area contributed by atoms with Crippen molar-refractivity contribution in [3.05, 3.63) is 12.2 Å². The largest absolute Gasteiger partial charge is 0.455 e. The van der Waals surface area contributed by atoms with Gasteiger partial charge in [-0.1, -0.05) is 6.58 Å². The third kappa shape index (κ3) is 1.48. The first-order valence-corrected chi connectivity index (χ1v) is 6.47. The summed E-state index contributed by atoms with van der Waals surface area (Å²) in [6.07, 6.45) is 4.74. The topological polar surface area (TPSA) is 35.5 Å². The monoisotopic (exact) mass is 236 g/mol. The lowest BCUT2D eigenvalue weighted by molar-refractivity contribution is -0.159. The lowest BCUT2D eigenvalue weighted by atomic mass is 9.80. The predicted octanol–water partition coefficient (Wildman–Crippen LogP) is 2.31. The highest BCUT2D eigenvalue weighted by molar-refractivity contribution is 5.87. The van der Waals surface area contributed by atoms with Crippen LogP contribution < -0.4 is 0 Å². The van der Waals surface area contributed by atoms with Crippen LogP contribution in [0.1, 0.15) is 32.6 Å². The Morgan fingerprint density at radius 3 is 2.76 bits per heavy atom. The Balaban J connectivity index is 1.84. The van der Waals surface area contributed by atoms with Gasteiger partial charge < -0.3 is 9.47 Å². The van der Waals surface area contributed by atoms with E-state index in [2.05, 4.69) is 6.58 Å². The normalized spacial score (nSPS) is 46.2. The van der Waals surface area contributed by atoms with Crippen molar-refractivity contribution in [3.8, 4) is 0 Å². The minimum atomic E-state index is -0.232. The molecule has 5 unspecified atom stereocenters. The maximum atomic E-state index is 11.8. The molecule has 0 N–H and O–H groups in total. The van der Waals surface area contributed by atoms with Crippen molar-refractivity contribution in [1.29, 1.82) is 0 Å². The highest BCUT2D eigenvalue weighted by Gasteiger charge is 2.65. The highest BCUT2D eigenvalue weighted by Crippen LogP contribution is 2.62. The Labute approximate surface area is 102 Å². The molecule has 4 aliphatic carbocycles. The fourth-order valence-electron chi connectivity index (χ4n) is 4.47. The van der Waals surface area contributed by atoms with E-state index < -0.39 is 0 Å². The molecule has 4 rings (SSSR count). The molecule has 4 fully saturated rings. The molecule has 0 aromatic rings. The van der Waals surface area contributed by atoms with Crippen LogP contribution in [0.4, 0.5) is 0 Å². The molecule has 3 nitrogen and oxygen atoms in total. The van der Waals surface area contributed by atoms with Gasteiger partial charge in [0.25, 0.3) is 0 Å². The van der Waals surface area contributed by atoms with E-state index >= 15 is 0 Å². The van der Waals surface area contributed by atoms with Gasteiger partial charge in [0.15, 0.2) is 0 Å². The van der Waals surface area contributed by atoms with Gasteiger partial charge in [0.2, 0.25) is 0 Å². The van der Waals surface area contributed by atoms with Crippen LogP contribution in [0.5, 0.6) is 0 Å². The van der Waals surface area contributed by atoms with Gasteiger partial charge in [-0.25, -0.2) is 4.79 Å². The van der Waals surface area contributed by atoms with Gasteiger partial charge >= 0.3 is 5.97 Å². The van der Waals surface area contributed by atoms with E-state index in [1.54, 1.807) is 14.0 Å². The number of hydrogen-bond donors (Lipinski definition) is 0. The second-order valence-electron chi connectivity index (χ2n) is 6.05. The van der Waals surface area contributed by atoms with Crippen molar-refractivity contribution in [2.75, 3.05) is 7.11 Å².